The van der Waals surface area contributed by atoms with E-state index in [4.69, 9.17) is 0 Å². The number of isocyanates is 1. The summed E-state index contributed by atoms with van der Waals surface area (Å²) >= 11 is 3.01. The zero-order valence-corrected chi connectivity index (χ0v) is 8.81. The number of hydrogen-bond donors (Lipinski definition) is 0. The molecule has 0 unspecified atom stereocenters. The minimum Gasteiger partial charge on any atom is -0.211 e. The molecule has 0 fully saturated rings. The molecule has 74 valence electrons. The van der Waals surface area contributed by atoms with Crippen molar-refractivity contribution in [2.24, 2.45) is 4.99 Å². The fourth-order valence-corrected chi connectivity index (χ4v) is 1.65. The van der Waals surface area contributed by atoms with Crippen molar-refractivity contribution in [2.75, 3.05) is 0 Å². The van der Waals surface area contributed by atoms with Gasteiger partial charge in [0.1, 0.15) is 0 Å². The van der Waals surface area contributed by atoms with Crippen LogP contribution >= 0.6 is 15.9 Å². The van der Waals surface area contributed by atoms with E-state index < -0.39 is 6.43 Å². The molecule has 0 bridgehead atoms. The molecule has 0 aliphatic carbocycles. The molecular formula is C9H6BrF2NO. The summed E-state index contributed by atoms with van der Waals surface area (Å²) in [7, 11) is 0. The van der Waals surface area contributed by atoms with Crippen molar-refractivity contribution in [1.29, 1.82) is 0 Å². The van der Waals surface area contributed by atoms with Crippen LogP contribution in [0.3, 0.4) is 0 Å². The third kappa shape index (κ3) is 2.25. The predicted molar refractivity (Wildman–Crippen MR) is 51.6 cm³/mol. The smallest absolute Gasteiger partial charge is 0.211 e. The first-order chi connectivity index (χ1) is 6.56. The van der Waals surface area contributed by atoms with Crippen molar-refractivity contribution >= 4 is 27.7 Å². The lowest BCUT2D eigenvalue weighted by molar-refractivity contribution is 0.150. The number of halogens is 3. The van der Waals surface area contributed by atoms with E-state index in [1.54, 1.807) is 6.92 Å². The normalized spacial score (nSPS) is 10.1. The Balaban J connectivity index is 3.34. The Morgan fingerprint density at radius 1 is 1.50 bits per heavy atom. The van der Waals surface area contributed by atoms with Crippen molar-refractivity contribution < 1.29 is 13.6 Å². The van der Waals surface area contributed by atoms with Gasteiger partial charge in [0.15, 0.2) is 0 Å². The van der Waals surface area contributed by atoms with Gasteiger partial charge >= 0.3 is 0 Å². The molecule has 0 atom stereocenters. The topological polar surface area (TPSA) is 29.4 Å². The number of hydrogen-bond acceptors (Lipinski definition) is 2. The van der Waals surface area contributed by atoms with E-state index in [2.05, 4.69) is 20.9 Å². The maximum atomic E-state index is 12.4. The summed E-state index contributed by atoms with van der Waals surface area (Å²) in [6.45, 7) is 1.68. The van der Waals surface area contributed by atoms with Crippen molar-refractivity contribution in [3.05, 3.63) is 27.7 Å². The number of alkyl halides is 2. The van der Waals surface area contributed by atoms with E-state index in [0.29, 0.717) is 10.0 Å². The van der Waals surface area contributed by atoms with Gasteiger partial charge in [0, 0.05) is 10.0 Å². The number of aliphatic imine (C=N–C) groups is 1. The van der Waals surface area contributed by atoms with Crippen LogP contribution < -0.4 is 0 Å². The molecule has 14 heavy (non-hydrogen) atoms. The molecule has 5 heteroatoms. The van der Waals surface area contributed by atoms with E-state index in [1.165, 1.54) is 18.2 Å². The van der Waals surface area contributed by atoms with Crippen molar-refractivity contribution in [3.63, 3.8) is 0 Å². The molecule has 0 spiro atoms. The Labute approximate surface area is 87.8 Å². The fourth-order valence-electron chi connectivity index (χ4n) is 1.01. The molecular weight excluding hydrogens is 256 g/mol. The molecule has 0 saturated heterocycles. The first kappa shape index (κ1) is 11.0. The summed E-state index contributed by atoms with van der Waals surface area (Å²) in [6, 6.07) is 2.67. The van der Waals surface area contributed by atoms with Crippen LogP contribution in [0.2, 0.25) is 0 Å². The van der Waals surface area contributed by atoms with Crippen molar-refractivity contribution in [2.45, 2.75) is 13.3 Å². The highest BCUT2D eigenvalue weighted by Gasteiger charge is 2.13. The minimum atomic E-state index is -2.59. The van der Waals surface area contributed by atoms with E-state index in [-0.39, 0.29) is 11.3 Å². The Morgan fingerprint density at radius 2 is 2.14 bits per heavy atom. The summed E-state index contributed by atoms with van der Waals surface area (Å²) in [4.78, 5) is 13.3. The van der Waals surface area contributed by atoms with Gasteiger partial charge in [0.2, 0.25) is 6.08 Å². The monoisotopic (exact) mass is 261 g/mol. The molecule has 0 saturated carbocycles. The molecule has 0 aliphatic heterocycles. The van der Waals surface area contributed by atoms with Gasteiger partial charge in [0.25, 0.3) is 6.43 Å². The third-order valence-electron chi connectivity index (χ3n) is 1.72. The highest BCUT2D eigenvalue weighted by molar-refractivity contribution is 9.10. The molecule has 0 radical (unpaired) electrons. The second kappa shape index (κ2) is 4.44. The minimum absolute atomic E-state index is 0.176. The highest BCUT2D eigenvalue weighted by Crippen LogP contribution is 2.33. The number of nitrogens with zero attached hydrogens (tertiary/aromatic N) is 1. The molecule has 0 aliphatic rings. The molecule has 1 rings (SSSR count). The first-order valence-electron chi connectivity index (χ1n) is 3.72. The van der Waals surface area contributed by atoms with Gasteiger partial charge in [-0.25, -0.2) is 13.6 Å². The van der Waals surface area contributed by atoms with Crippen LogP contribution in [0.1, 0.15) is 17.6 Å². The van der Waals surface area contributed by atoms with E-state index in [0.717, 1.165) is 0 Å². The van der Waals surface area contributed by atoms with Gasteiger partial charge in [-0.3, -0.25) is 0 Å². The Kier molecular flexibility index (Phi) is 3.49. The highest BCUT2D eigenvalue weighted by atomic mass is 79.9. The lowest BCUT2D eigenvalue weighted by Crippen LogP contribution is -1.87. The molecule has 0 heterocycles. The van der Waals surface area contributed by atoms with Crippen LogP contribution in [0.5, 0.6) is 0 Å². The molecule has 2 nitrogen and oxygen atoms in total. The second-order valence-electron chi connectivity index (χ2n) is 2.66. The fraction of sp³-hybridized carbons (Fsp3) is 0.222. The van der Waals surface area contributed by atoms with E-state index in [1.807, 2.05) is 0 Å². The molecule has 0 N–H and O–H groups in total. The number of carbonyl (C=O) groups excluding carboxylic acids is 1. The van der Waals surface area contributed by atoms with E-state index in [9.17, 15) is 13.6 Å². The van der Waals surface area contributed by atoms with Crippen LogP contribution in [0.25, 0.3) is 0 Å². The average Bonchev–Trinajstić information content (AvgIpc) is 2.09. The van der Waals surface area contributed by atoms with Crippen LogP contribution in [-0.2, 0) is 4.79 Å². The van der Waals surface area contributed by atoms with Crippen LogP contribution in [-0.4, -0.2) is 6.08 Å². The largest absolute Gasteiger partial charge is 0.265 e. The van der Waals surface area contributed by atoms with Crippen LogP contribution in [0.15, 0.2) is 21.6 Å². The number of rotatable bonds is 2. The number of benzene rings is 1. The first-order valence-corrected chi connectivity index (χ1v) is 4.51. The maximum Gasteiger partial charge on any atom is 0.265 e. The Bertz CT molecular complexity index is 400. The molecule has 0 amide bonds. The lowest BCUT2D eigenvalue weighted by Gasteiger charge is -2.06. The van der Waals surface area contributed by atoms with Gasteiger partial charge in [-0.15, -0.1) is 0 Å². The predicted octanol–water partition coefficient (Wildman–Crippen LogP) is 3.66. The Morgan fingerprint density at radius 3 is 2.64 bits per heavy atom. The second-order valence-corrected chi connectivity index (χ2v) is 3.52. The van der Waals surface area contributed by atoms with Crippen LogP contribution in [0, 0.1) is 6.92 Å². The standard InChI is InChI=1S/C9H6BrF2NO/c1-5-2-7(10)6(9(11)12)3-8(5)13-4-14/h2-3,9H,1H3. The van der Waals surface area contributed by atoms with Gasteiger partial charge in [-0.05, 0) is 24.6 Å². The summed E-state index contributed by atoms with van der Waals surface area (Å²) in [5.41, 5.74) is 0.688. The lowest BCUT2D eigenvalue weighted by atomic mass is 10.1. The summed E-state index contributed by atoms with van der Waals surface area (Å²) in [5, 5.41) is 0. The van der Waals surface area contributed by atoms with E-state index >= 15 is 0 Å². The summed E-state index contributed by atoms with van der Waals surface area (Å²) in [5.74, 6) is 0. The SMILES string of the molecule is Cc1cc(Br)c(C(F)F)cc1N=C=O. The summed E-state index contributed by atoms with van der Waals surface area (Å²) in [6.07, 6.45) is -1.27. The molecule has 1 aromatic rings. The molecule has 0 aromatic heterocycles. The third-order valence-corrected chi connectivity index (χ3v) is 2.40. The van der Waals surface area contributed by atoms with Crippen LogP contribution in [0.4, 0.5) is 14.5 Å². The zero-order valence-electron chi connectivity index (χ0n) is 7.22. The van der Waals surface area contributed by atoms with Crippen molar-refractivity contribution in [3.8, 4) is 0 Å². The zero-order chi connectivity index (χ0) is 10.7. The Hall–Kier alpha value is -1.06. The van der Waals surface area contributed by atoms with Gasteiger partial charge in [-0.2, -0.15) is 4.99 Å². The maximum absolute atomic E-state index is 12.4. The summed E-state index contributed by atoms with van der Waals surface area (Å²) < 4.78 is 25.1. The molecule has 1 aromatic carbocycles. The quantitative estimate of drug-likeness (QED) is 0.590. The van der Waals surface area contributed by atoms with Gasteiger partial charge < -0.3 is 0 Å². The van der Waals surface area contributed by atoms with Crippen molar-refractivity contribution in [1.82, 2.24) is 0 Å². The average molecular weight is 262 g/mol. The van der Waals surface area contributed by atoms with Gasteiger partial charge in [-0.1, -0.05) is 15.9 Å². The van der Waals surface area contributed by atoms with Gasteiger partial charge in [0.05, 0.1) is 5.69 Å². The number of aryl methyl sites for hydroxylation is 1.